The molecule has 0 bridgehead atoms. The van der Waals surface area contributed by atoms with Crippen LogP contribution in [0.5, 0.6) is 0 Å². The molecule has 2 aliphatic rings. The van der Waals surface area contributed by atoms with Crippen LogP contribution in [0.2, 0.25) is 5.02 Å². The highest BCUT2D eigenvalue weighted by Crippen LogP contribution is 2.34. The van der Waals surface area contributed by atoms with Crippen molar-refractivity contribution in [3.63, 3.8) is 0 Å². The van der Waals surface area contributed by atoms with Crippen LogP contribution in [0.3, 0.4) is 0 Å². The van der Waals surface area contributed by atoms with Gasteiger partial charge in [-0.2, -0.15) is 15.0 Å². The molecule has 2 aromatic heterocycles. The molecule has 2 aliphatic heterocycles. The fourth-order valence-corrected chi connectivity index (χ4v) is 6.11. The van der Waals surface area contributed by atoms with Crippen molar-refractivity contribution in [2.45, 2.75) is 31.4 Å². The highest BCUT2D eigenvalue weighted by atomic mass is 35.5. The molecule has 0 saturated carbocycles. The quantitative estimate of drug-likeness (QED) is 0.220. The Morgan fingerprint density at radius 2 is 1.56 bits per heavy atom. The van der Waals surface area contributed by atoms with Crippen LogP contribution in [-0.2, 0) is 4.74 Å². The second-order valence-electron chi connectivity index (χ2n) is 11.0. The Balaban J connectivity index is 1.23. The predicted octanol–water partition coefficient (Wildman–Crippen LogP) is 6.41. The van der Waals surface area contributed by atoms with E-state index in [1.807, 2.05) is 29.2 Å². The van der Waals surface area contributed by atoms with Gasteiger partial charge in [0, 0.05) is 48.6 Å². The molecule has 232 valence electrons. The zero-order chi connectivity index (χ0) is 30.9. The molecule has 13 heteroatoms. The van der Waals surface area contributed by atoms with Crippen LogP contribution < -0.4 is 15.1 Å². The van der Waals surface area contributed by atoms with Gasteiger partial charge in [0.2, 0.25) is 11.9 Å². The van der Waals surface area contributed by atoms with Gasteiger partial charge >= 0.3 is 0 Å². The lowest BCUT2D eigenvalue weighted by molar-refractivity contribution is 0.0220. The first-order chi connectivity index (χ1) is 21.9. The second-order valence-corrected chi connectivity index (χ2v) is 11.4. The fraction of sp³-hybridized carbons (Fsp3) is 0.312. The lowest BCUT2D eigenvalue weighted by atomic mass is 10.0. The first-order valence-corrected chi connectivity index (χ1v) is 15.2. The molecule has 0 aliphatic carbocycles. The molecule has 3 aromatic carbocycles. The molecule has 0 radical (unpaired) electrons. The largest absolute Gasteiger partial charge is 0.368 e. The number of fused-ring (bicyclic) bond motifs is 1. The van der Waals surface area contributed by atoms with Crippen molar-refractivity contribution < 1.29 is 17.9 Å². The van der Waals surface area contributed by atoms with Gasteiger partial charge in [-0.3, -0.25) is 4.57 Å². The Morgan fingerprint density at radius 1 is 0.867 bits per heavy atom. The first kappa shape index (κ1) is 29.5. The molecule has 2 fully saturated rings. The molecule has 0 amide bonds. The SMILES string of the molecule is Fc1ccc(N(c2ccc(Cl)cc2)C2CCN(c3nc(C4CNCCO4)nc(-n4c(C(F)F)nc5ccccc54)n3)CC2)cc1. The number of para-hydroxylation sites is 2. The Labute approximate surface area is 262 Å². The van der Waals surface area contributed by atoms with Crippen LogP contribution in [-0.4, -0.2) is 63.3 Å². The second kappa shape index (κ2) is 12.6. The normalized spacial score (nSPS) is 17.7. The van der Waals surface area contributed by atoms with Crippen molar-refractivity contribution in [2.75, 3.05) is 42.6 Å². The zero-order valence-electron chi connectivity index (χ0n) is 24.2. The number of benzene rings is 3. The van der Waals surface area contributed by atoms with Gasteiger partial charge in [-0.05, 0) is 73.5 Å². The van der Waals surface area contributed by atoms with Gasteiger partial charge in [-0.25, -0.2) is 18.2 Å². The summed E-state index contributed by atoms with van der Waals surface area (Å²) in [6.45, 7) is 2.86. The van der Waals surface area contributed by atoms with Crippen molar-refractivity contribution in [1.82, 2.24) is 29.8 Å². The summed E-state index contributed by atoms with van der Waals surface area (Å²) in [5.74, 6) is 0.101. The highest BCUT2D eigenvalue weighted by molar-refractivity contribution is 6.30. The van der Waals surface area contributed by atoms with Crippen LogP contribution in [0.1, 0.15) is 37.0 Å². The van der Waals surface area contributed by atoms with Crippen LogP contribution in [0.15, 0.2) is 72.8 Å². The highest BCUT2D eigenvalue weighted by Gasteiger charge is 2.30. The molecule has 7 rings (SSSR count). The molecule has 1 N–H and O–H groups in total. The summed E-state index contributed by atoms with van der Waals surface area (Å²) in [6.07, 6.45) is -1.84. The molecule has 5 aromatic rings. The number of alkyl halides is 2. The van der Waals surface area contributed by atoms with E-state index in [2.05, 4.69) is 20.2 Å². The molecule has 2 saturated heterocycles. The van der Waals surface area contributed by atoms with Crippen molar-refractivity contribution in [3.05, 3.63) is 95.3 Å². The summed E-state index contributed by atoms with van der Waals surface area (Å²) in [6, 6.07) is 21.1. The van der Waals surface area contributed by atoms with E-state index >= 15 is 0 Å². The van der Waals surface area contributed by atoms with Crippen LogP contribution >= 0.6 is 11.6 Å². The predicted molar refractivity (Wildman–Crippen MR) is 166 cm³/mol. The number of ether oxygens (including phenoxy) is 1. The van der Waals surface area contributed by atoms with Gasteiger partial charge in [0.05, 0.1) is 17.6 Å². The maximum absolute atomic E-state index is 14.3. The third kappa shape index (κ3) is 6.05. The van der Waals surface area contributed by atoms with Gasteiger partial charge in [-0.15, -0.1) is 0 Å². The third-order valence-corrected chi connectivity index (χ3v) is 8.40. The third-order valence-electron chi connectivity index (χ3n) is 8.15. The fourth-order valence-electron chi connectivity index (χ4n) is 5.99. The molecule has 1 atom stereocenters. The van der Waals surface area contributed by atoms with Gasteiger partial charge in [0.15, 0.2) is 11.6 Å². The first-order valence-electron chi connectivity index (χ1n) is 14.8. The zero-order valence-corrected chi connectivity index (χ0v) is 24.9. The molecule has 1 unspecified atom stereocenters. The molecule has 45 heavy (non-hydrogen) atoms. The lowest BCUT2D eigenvalue weighted by Gasteiger charge is -2.40. The maximum atomic E-state index is 14.3. The Bertz CT molecular complexity index is 1730. The van der Waals surface area contributed by atoms with Crippen LogP contribution in [0.25, 0.3) is 17.0 Å². The van der Waals surface area contributed by atoms with Crippen molar-refractivity contribution in [1.29, 1.82) is 0 Å². The van der Waals surface area contributed by atoms with E-state index < -0.39 is 18.4 Å². The number of anilines is 3. The number of nitrogens with one attached hydrogen (secondary N) is 1. The van der Waals surface area contributed by atoms with Gasteiger partial charge in [0.25, 0.3) is 6.43 Å². The Morgan fingerprint density at radius 3 is 2.24 bits per heavy atom. The topological polar surface area (TPSA) is 84.2 Å². The minimum Gasteiger partial charge on any atom is -0.368 e. The van der Waals surface area contributed by atoms with Crippen molar-refractivity contribution in [3.8, 4) is 5.95 Å². The average molecular weight is 635 g/mol. The molecule has 0 spiro atoms. The molecule has 9 nitrogen and oxygen atoms in total. The van der Waals surface area contributed by atoms with E-state index in [0.29, 0.717) is 60.6 Å². The molecular formula is C32H30ClF3N8O. The van der Waals surface area contributed by atoms with Gasteiger partial charge in [-0.1, -0.05) is 23.7 Å². The van der Waals surface area contributed by atoms with Gasteiger partial charge in [0.1, 0.15) is 11.9 Å². The van der Waals surface area contributed by atoms with E-state index in [1.165, 1.54) is 16.7 Å². The van der Waals surface area contributed by atoms with E-state index in [9.17, 15) is 13.2 Å². The number of piperidine rings is 1. The van der Waals surface area contributed by atoms with E-state index in [0.717, 1.165) is 24.2 Å². The number of hydrogen-bond acceptors (Lipinski definition) is 8. The molecule has 4 heterocycles. The number of rotatable bonds is 7. The van der Waals surface area contributed by atoms with Crippen molar-refractivity contribution in [2.24, 2.45) is 0 Å². The van der Waals surface area contributed by atoms with Gasteiger partial charge < -0.3 is 19.9 Å². The van der Waals surface area contributed by atoms with Crippen molar-refractivity contribution >= 4 is 40.0 Å². The monoisotopic (exact) mass is 634 g/mol. The number of halogens is 4. The summed E-state index contributed by atoms with van der Waals surface area (Å²) in [4.78, 5) is 22.6. The smallest absolute Gasteiger partial charge is 0.296 e. The number of nitrogens with zero attached hydrogens (tertiary/aromatic N) is 7. The summed E-state index contributed by atoms with van der Waals surface area (Å²) >= 11 is 6.18. The Hall–Kier alpha value is -4.26. The van der Waals surface area contributed by atoms with E-state index in [4.69, 9.17) is 26.3 Å². The summed E-state index contributed by atoms with van der Waals surface area (Å²) < 4.78 is 49.6. The summed E-state index contributed by atoms with van der Waals surface area (Å²) in [7, 11) is 0. The summed E-state index contributed by atoms with van der Waals surface area (Å²) in [5, 5.41) is 3.92. The minimum absolute atomic E-state index is 0.0735. The minimum atomic E-state index is -2.84. The molecular weight excluding hydrogens is 605 g/mol. The average Bonchev–Trinajstić information content (AvgIpc) is 3.47. The van der Waals surface area contributed by atoms with Crippen LogP contribution in [0, 0.1) is 5.82 Å². The maximum Gasteiger partial charge on any atom is 0.296 e. The number of imidazole rings is 1. The standard InChI is InChI=1S/C32H30ClF3N8O/c33-20-5-9-22(10-6-20)43(23-11-7-21(34)8-12-23)24-13-16-42(17-14-24)31-39-29(27-19-37-15-18-45-27)40-32(41-31)44-26-4-2-1-3-25(26)38-30(44)28(35)36/h1-12,24,27-28,37H,13-19H2. The van der Waals surface area contributed by atoms with Crippen LogP contribution in [0.4, 0.5) is 30.5 Å². The number of morpholine rings is 1. The Kier molecular flexibility index (Phi) is 8.26. The van der Waals surface area contributed by atoms with E-state index in [1.54, 1.807) is 36.4 Å². The van der Waals surface area contributed by atoms with E-state index in [-0.39, 0.29) is 17.8 Å². The number of hydrogen-bond donors (Lipinski definition) is 1. The number of aromatic nitrogens is 5. The lowest BCUT2D eigenvalue weighted by Crippen LogP contribution is -2.44. The summed E-state index contributed by atoms with van der Waals surface area (Å²) in [5.41, 5.74) is 2.73.